The second kappa shape index (κ2) is 3.03. The van der Waals surface area contributed by atoms with E-state index in [1.807, 2.05) is 0 Å². The highest BCUT2D eigenvalue weighted by Gasteiger charge is 2.51. The van der Waals surface area contributed by atoms with Crippen LogP contribution in [0.25, 0.3) is 0 Å². The van der Waals surface area contributed by atoms with Gasteiger partial charge in [0.2, 0.25) is 0 Å². The molecule has 0 bridgehead atoms. The molecule has 0 unspecified atom stereocenters. The van der Waals surface area contributed by atoms with Crippen molar-refractivity contribution >= 4 is 5.96 Å². The van der Waals surface area contributed by atoms with Crippen LogP contribution in [0.2, 0.25) is 0 Å². The summed E-state index contributed by atoms with van der Waals surface area (Å²) in [7, 11) is 0. The van der Waals surface area contributed by atoms with Crippen molar-refractivity contribution in [1.82, 2.24) is 4.90 Å². The molecule has 1 aromatic rings. The number of aliphatic imine (C=N–C) groups is 1. The van der Waals surface area contributed by atoms with Crippen molar-refractivity contribution in [1.29, 1.82) is 0 Å². The van der Waals surface area contributed by atoms with Crippen LogP contribution in [0, 0.1) is 0 Å². The zero-order chi connectivity index (χ0) is 11.5. The summed E-state index contributed by atoms with van der Waals surface area (Å²) >= 11 is 0. The predicted octanol–water partition coefficient (Wildman–Crippen LogP) is 1.32. The monoisotopic (exact) mass is 227 g/mol. The van der Waals surface area contributed by atoms with Crippen molar-refractivity contribution in [3.63, 3.8) is 0 Å². The summed E-state index contributed by atoms with van der Waals surface area (Å²) in [6.07, 6.45) is 4.80. The zero-order valence-electron chi connectivity index (χ0n) is 9.89. The number of nitrogens with zero attached hydrogens (tertiary/aromatic N) is 2. The van der Waals surface area contributed by atoms with E-state index in [9.17, 15) is 0 Å². The average Bonchev–Trinajstić information content (AvgIpc) is 3.00. The summed E-state index contributed by atoms with van der Waals surface area (Å²) in [6, 6.07) is 9.44. The Balaban J connectivity index is 1.72. The van der Waals surface area contributed by atoms with E-state index >= 15 is 0 Å². The van der Waals surface area contributed by atoms with Gasteiger partial charge >= 0.3 is 0 Å². The Morgan fingerprint density at radius 2 is 1.82 bits per heavy atom. The van der Waals surface area contributed by atoms with E-state index in [4.69, 9.17) is 5.73 Å². The lowest BCUT2D eigenvalue weighted by molar-refractivity contribution is 0.203. The van der Waals surface area contributed by atoms with E-state index in [2.05, 4.69) is 34.2 Å². The number of hydrogen-bond donors (Lipinski definition) is 1. The van der Waals surface area contributed by atoms with Crippen molar-refractivity contribution < 1.29 is 0 Å². The molecule has 0 aromatic heterocycles. The lowest BCUT2D eigenvalue weighted by Gasteiger charge is -2.36. The number of benzene rings is 1. The van der Waals surface area contributed by atoms with Gasteiger partial charge in [0, 0.05) is 6.04 Å². The van der Waals surface area contributed by atoms with Gasteiger partial charge < -0.3 is 10.6 Å². The second-order valence-electron chi connectivity index (χ2n) is 5.62. The van der Waals surface area contributed by atoms with Crippen LogP contribution in [0.5, 0.6) is 0 Å². The lowest BCUT2D eigenvalue weighted by atomic mass is 9.94. The highest BCUT2D eigenvalue weighted by molar-refractivity contribution is 5.82. The molecule has 2 aliphatic carbocycles. The van der Waals surface area contributed by atoms with Crippen LogP contribution in [0.1, 0.15) is 24.0 Å². The largest absolute Gasteiger partial charge is 0.370 e. The van der Waals surface area contributed by atoms with Gasteiger partial charge in [-0.25, -0.2) is 0 Å². The Bertz CT molecular complexity index is 477. The first kappa shape index (κ1) is 9.51. The summed E-state index contributed by atoms with van der Waals surface area (Å²) in [6.45, 7) is 0.879. The van der Waals surface area contributed by atoms with Gasteiger partial charge in [-0.2, -0.15) is 0 Å². The molecular formula is C14H17N3. The molecule has 1 heterocycles. The maximum Gasteiger partial charge on any atom is 0.192 e. The fraction of sp³-hybridized carbons (Fsp3) is 0.500. The third kappa shape index (κ3) is 1.25. The van der Waals surface area contributed by atoms with E-state index in [0.29, 0.717) is 6.04 Å². The Hall–Kier alpha value is -1.51. The molecular weight excluding hydrogens is 210 g/mol. The summed E-state index contributed by atoms with van der Waals surface area (Å²) < 4.78 is 0. The number of fused-ring (bicyclic) bond motifs is 1. The van der Waals surface area contributed by atoms with Crippen LogP contribution in [-0.4, -0.2) is 29.0 Å². The Morgan fingerprint density at radius 3 is 2.41 bits per heavy atom. The molecule has 4 rings (SSSR count). The van der Waals surface area contributed by atoms with Gasteiger partial charge in [0.15, 0.2) is 5.96 Å². The SMILES string of the molecule is NC1=NCC2(Cc3ccccc3C2)N1C1CC1. The minimum absolute atomic E-state index is 0.176. The van der Waals surface area contributed by atoms with Crippen LogP contribution in [-0.2, 0) is 12.8 Å². The van der Waals surface area contributed by atoms with E-state index in [0.717, 1.165) is 25.3 Å². The smallest absolute Gasteiger partial charge is 0.192 e. The first-order valence-corrected chi connectivity index (χ1v) is 6.45. The topological polar surface area (TPSA) is 41.6 Å². The molecule has 3 nitrogen and oxygen atoms in total. The summed E-state index contributed by atoms with van der Waals surface area (Å²) in [5.74, 6) is 0.778. The number of guanidine groups is 1. The minimum Gasteiger partial charge on any atom is -0.370 e. The molecule has 1 aliphatic heterocycles. The highest BCUT2D eigenvalue weighted by Crippen LogP contribution is 2.43. The predicted molar refractivity (Wildman–Crippen MR) is 67.9 cm³/mol. The van der Waals surface area contributed by atoms with Gasteiger partial charge in [0.1, 0.15) is 0 Å². The minimum atomic E-state index is 0.176. The molecule has 2 N–H and O–H groups in total. The summed E-state index contributed by atoms with van der Waals surface area (Å²) in [5, 5.41) is 0. The fourth-order valence-corrected chi connectivity index (χ4v) is 3.49. The van der Waals surface area contributed by atoms with Crippen LogP contribution >= 0.6 is 0 Å². The van der Waals surface area contributed by atoms with Crippen LogP contribution in [0.15, 0.2) is 29.3 Å². The van der Waals surface area contributed by atoms with Crippen LogP contribution < -0.4 is 5.73 Å². The number of nitrogens with two attached hydrogens (primary N) is 1. The first-order chi connectivity index (χ1) is 8.28. The van der Waals surface area contributed by atoms with Gasteiger partial charge in [-0.3, -0.25) is 4.99 Å². The molecule has 0 saturated heterocycles. The molecule has 3 heteroatoms. The molecule has 1 spiro atoms. The normalized spacial score (nSPS) is 25.2. The van der Waals surface area contributed by atoms with Gasteiger partial charge in [0.25, 0.3) is 0 Å². The Labute approximate surface area is 101 Å². The number of rotatable bonds is 1. The molecule has 1 aromatic carbocycles. The molecule has 1 fully saturated rings. The molecule has 0 atom stereocenters. The third-order valence-electron chi connectivity index (χ3n) is 4.36. The zero-order valence-corrected chi connectivity index (χ0v) is 9.89. The molecule has 3 aliphatic rings. The molecule has 17 heavy (non-hydrogen) atoms. The van der Waals surface area contributed by atoms with Crippen molar-refractivity contribution in [2.24, 2.45) is 10.7 Å². The second-order valence-corrected chi connectivity index (χ2v) is 5.62. The van der Waals surface area contributed by atoms with E-state index in [1.165, 1.54) is 24.0 Å². The Morgan fingerprint density at radius 1 is 1.18 bits per heavy atom. The van der Waals surface area contributed by atoms with Gasteiger partial charge in [0.05, 0.1) is 12.1 Å². The van der Waals surface area contributed by atoms with Gasteiger partial charge in [-0.05, 0) is 36.8 Å². The molecule has 1 saturated carbocycles. The first-order valence-electron chi connectivity index (χ1n) is 6.45. The Kier molecular flexibility index (Phi) is 1.70. The van der Waals surface area contributed by atoms with Crippen LogP contribution in [0.4, 0.5) is 0 Å². The molecule has 0 radical (unpaired) electrons. The number of hydrogen-bond acceptors (Lipinski definition) is 3. The van der Waals surface area contributed by atoms with E-state index < -0.39 is 0 Å². The van der Waals surface area contributed by atoms with Crippen molar-refractivity contribution in [2.45, 2.75) is 37.3 Å². The van der Waals surface area contributed by atoms with Gasteiger partial charge in [-0.1, -0.05) is 24.3 Å². The van der Waals surface area contributed by atoms with E-state index in [1.54, 1.807) is 0 Å². The summed E-state index contributed by atoms with van der Waals surface area (Å²) in [5.41, 5.74) is 9.24. The standard InChI is InChI=1S/C14H17N3/c15-13-16-9-14(17(13)12-5-6-12)7-10-3-1-2-4-11(10)8-14/h1-4,12H,5-9H2,(H2,15,16). The van der Waals surface area contributed by atoms with Crippen molar-refractivity contribution in [3.05, 3.63) is 35.4 Å². The maximum absolute atomic E-state index is 6.09. The molecule has 88 valence electrons. The van der Waals surface area contributed by atoms with Crippen molar-refractivity contribution in [3.8, 4) is 0 Å². The average molecular weight is 227 g/mol. The quantitative estimate of drug-likeness (QED) is 0.786. The fourth-order valence-electron chi connectivity index (χ4n) is 3.49. The summed E-state index contributed by atoms with van der Waals surface area (Å²) in [4.78, 5) is 6.94. The van der Waals surface area contributed by atoms with Crippen LogP contribution in [0.3, 0.4) is 0 Å². The van der Waals surface area contributed by atoms with Crippen molar-refractivity contribution in [2.75, 3.05) is 6.54 Å². The lowest BCUT2D eigenvalue weighted by Crippen LogP contribution is -2.53. The maximum atomic E-state index is 6.09. The molecule has 0 amide bonds. The van der Waals surface area contributed by atoms with E-state index in [-0.39, 0.29) is 5.54 Å². The third-order valence-corrected chi connectivity index (χ3v) is 4.36. The van der Waals surface area contributed by atoms with Gasteiger partial charge in [-0.15, -0.1) is 0 Å². The highest BCUT2D eigenvalue weighted by atomic mass is 15.4.